The Bertz CT molecular complexity index is 609. The summed E-state index contributed by atoms with van der Waals surface area (Å²) in [5, 5.41) is 3.33. The van der Waals surface area contributed by atoms with Crippen LogP contribution in [0, 0.1) is 0 Å². The maximum absolute atomic E-state index is 11.6. The minimum atomic E-state index is -3.46. The number of fused-ring (bicyclic) bond motifs is 1. The van der Waals surface area contributed by atoms with Crippen molar-refractivity contribution in [2.24, 2.45) is 10.1 Å². The van der Waals surface area contributed by atoms with Gasteiger partial charge in [0.15, 0.2) is 0 Å². The summed E-state index contributed by atoms with van der Waals surface area (Å²) >= 11 is 0. The molecule has 3 N–H and O–H groups in total. The lowest BCUT2D eigenvalue weighted by Crippen LogP contribution is -2.25. The molecule has 0 aromatic heterocycles. The molecule has 1 aromatic rings. The molecular weight excluding hydrogens is 274 g/mol. The number of hydrogen-bond acceptors (Lipinski definition) is 4. The monoisotopic (exact) mass is 295 g/mol. The molecule has 6 heteroatoms. The topological polar surface area (TPSA) is 84.5 Å². The Morgan fingerprint density at radius 1 is 1.30 bits per heavy atom. The molecule has 20 heavy (non-hydrogen) atoms. The number of hydrogen-bond donors (Lipinski definition) is 2. The summed E-state index contributed by atoms with van der Waals surface area (Å²) in [6.07, 6.45) is 4.72. The summed E-state index contributed by atoms with van der Waals surface area (Å²) in [6, 6.07) is 5.55. The van der Waals surface area contributed by atoms with E-state index in [1.807, 2.05) is 12.1 Å². The summed E-state index contributed by atoms with van der Waals surface area (Å²) in [5.74, 6) is 0.0110. The van der Waals surface area contributed by atoms with Gasteiger partial charge in [0.2, 0.25) is 0 Å². The Balaban J connectivity index is 2.13. The van der Waals surface area contributed by atoms with Crippen molar-refractivity contribution in [2.45, 2.75) is 38.4 Å². The van der Waals surface area contributed by atoms with Crippen molar-refractivity contribution in [3.05, 3.63) is 29.3 Å². The van der Waals surface area contributed by atoms with Gasteiger partial charge in [0, 0.05) is 17.8 Å². The molecule has 0 fully saturated rings. The molecule has 1 aromatic carbocycles. The minimum absolute atomic E-state index is 0.0750. The zero-order chi connectivity index (χ0) is 14.6. The highest BCUT2D eigenvalue weighted by molar-refractivity contribution is 7.89. The molecule has 110 valence electrons. The molecule has 1 aliphatic heterocycles. The van der Waals surface area contributed by atoms with Crippen molar-refractivity contribution in [3.8, 4) is 0 Å². The van der Waals surface area contributed by atoms with Gasteiger partial charge in [-0.05, 0) is 18.1 Å². The molecule has 1 heterocycles. The Morgan fingerprint density at radius 3 is 2.85 bits per heavy atom. The maximum Gasteiger partial charge on any atom is 0.259 e. The summed E-state index contributed by atoms with van der Waals surface area (Å²) < 4.78 is 26.8. The lowest BCUT2D eigenvalue weighted by Gasteiger charge is -2.18. The lowest BCUT2D eigenvalue weighted by molar-refractivity contribution is 0.596. The molecule has 1 aliphatic rings. The largest absolute Gasteiger partial charge is 0.384 e. The van der Waals surface area contributed by atoms with Gasteiger partial charge in [-0.25, -0.2) is 8.42 Å². The van der Waals surface area contributed by atoms with E-state index in [9.17, 15) is 8.42 Å². The van der Waals surface area contributed by atoms with Crippen LogP contribution < -0.4 is 11.1 Å². The summed E-state index contributed by atoms with van der Waals surface area (Å²) in [4.78, 5) is 0. The molecule has 0 amide bonds. The first kappa shape index (κ1) is 14.8. The van der Waals surface area contributed by atoms with Crippen LogP contribution in [0.4, 0.5) is 5.69 Å². The highest BCUT2D eigenvalue weighted by Crippen LogP contribution is 2.26. The maximum atomic E-state index is 11.6. The van der Waals surface area contributed by atoms with E-state index in [2.05, 4.69) is 16.6 Å². The first-order valence-corrected chi connectivity index (χ1v) is 8.58. The van der Waals surface area contributed by atoms with Crippen molar-refractivity contribution < 1.29 is 8.42 Å². The van der Waals surface area contributed by atoms with E-state index in [1.54, 1.807) is 6.07 Å². The summed E-state index contributed by atoms with van der Waals surface area (Å²) in [5.41, 5.74) is 8.13. The van der Waals surface area contributed by atoms with Gasteiger partial charge in [-0.3, -0.25) is 0 Å². The van der Waals surface area contributed by atoms with E-state index < -0.39 is 10.0 Å². The third-order valence-corrected chi connectivity index (χ3v) is 4.48. The van der Waals surface area contributed by atoms with Crippen LogP contribution in [0.3, 0.4) is 0 Å². The standard InChI is InChI=1S/C14H21N3O2S/c1-2-3-4-5-9-16-12-8-6-7-11-10-20(18,19)17-14(15)13(11)12/h6-8,16H,2-5,9-10H2,1H3,(H2,15,17). The van der Waals surface area contributed by atoms with Crippen molar-refractivity contribution in [3.63, 3.8) is 0 Å². The number of anilines is 1. The number of unbranched alkanes of at least 4 members (excludes halogenated alkanes) is 3. The normalized spacial score (nSPS) is 16.4. The van der Waals surface area contributed by atoms with Gasteiger partial charge in [-0.15, -0.1) is 4.40 Å². The number of nitrogens with one attached hydrogen (secondary N) is 1. The van der Waals surface area contributed by atoms with E-state index in [1.165, 1.54) is 19.3 Å². The molecule has 0 saturated carbocycles. The molecule has 0 bridgehead atoms. The zero-order valence-corrected chi connectivity index (χ0v) is 12.5. The van der Waals surface area contributed by atoms with Gasteiger partial charge in [0.25, 0.3) is 10.0 Å². The van der Waals surface area contributed by atoms with Gasteiger partial charge in [-0.1, -0.05) is 38.3 Å². The van der Waals surface area contributed by atoms with Crippen LogP contribution in [-0.2, 0) is 15.8 Å². The number of nitrogens with two attached hydrogens (primary N) is 1. The molecule has 5 nitrogen and oxygen atoms in total. The first-order chi connectivity index (χ1) is 9.53. The Morgan fingerprint density at radius 2 is 2.10 bits per heavy atom. The predicted octanol–water partition coefficient (Wildman–Crippen LogP) is 2.23. The van der Waals surface area contributed by atoms with Crippen LogP contribution in [0.15, 0.2) is 22.6 Å². The third kappa shape index (κ3) is 3.50. The fourth-order valence-corrected chi connectivity index (χ4v) is 3.46. The number of benzene rings is 1. The molecule has 0 aliphatic carbocycles. The van der Waals surface area contributed by atoms with Gasteiger partial charge in [0.1, 0.15) is 5.84 Å². The fraction of sp³-hybridized carbons (Fsp3) is 0.500. The quantitative estimate of drug-likeness (QED) is 0.788. The number of rotatable bonds is 6. The van der Waals surface area contributed by atoms with Gasteiger partial charge < -0.3 is 11.1 Å². The zero-order valence-electron chi connectivity index (χ0n) is 11.7. The molecular formula is C14H21N3O2S. The number of amidine groups is 1. The van der Waals surface area contributed by atoms with Crippen molar-refractivity contribution in [1.29, 1.82) is 0 Å². The van der Waals surface area contributed by atoms with E-state index in [0.29, 0.717) is 0 Å². The predicted molar refractivity (Wildman–Crippen MR) is 82.4 cm³/mol. The average molecular weight is 295 g/mol. The highest BCUT2D eigenvalue weighted by atomic mass is 32.2. The average Bonchev–Trinajstić information content (AvgIpc) is 2.36. The summed E-state index contributed by atoms with van der Waals surface area (Å²) in [6.45, 7) is 3.04. The van der Waals surface area contributed by atoms with Crippen LogP contribution in [0.5, 0.6) is 0 Å². The Kier molecular flexibility index (Phi) is 4.65. The fourth-order valence-electron chi connectivity index (χ4n) is 2.37. The summed E-state index contributed by atoms with van der Waals surface area (Å²) in [7, 11) is -3.46. The van der Waals surface area contributed by atoms with Crippen molar-refractivity contribution >= 4 is 21.5 Å². The van der Waals surface area contributed by atoms with Gasteiger partial charge in [0.05, 0.1) is 5.75 Å². The van der Waals surface area contributed by atoms with Crippen LogP contribution in [0.25, 0.3) is 0 Å². The second kappa shape index (κ2) is 6.26. The van der Waals surface area contributed by atoms with Crippen LogP contribution in [0.1, 0.15) is 43.7 Å². The smallest absolute Gasteiger partial charge is 0.259 e. The molecule has 2 rings (SSSR count). The Hall–Kier alpha value is -1.56. The van der Waals surface area contributed by atoms with Crippen LogP contribution >= 0.6 is 0 Å². The van der Waals surface area contributed by atoms with Crippen LogP contribution in [-0.4, -0.2) is 20.8 Å². The molecule has 0 radical (unpaired) electrons. The Labute approximate surface area is 120 Å². The van der Waals surface area contributed by atoms with E-state index >= 15 is 0 Å². The van der Waals surface area contributed by atoms with Crippen LogP contribution in [0.2, 0.25) is 0 Å². The van der Waals surface area contributed by atoms with Gasteiger partial charge in [-0.2, -0.15) is 0 Å². The van der Waals surface area contributed by atoms with E-state index in [0.717, 1.165) is 29.8 Å². The SMILES string of the molecule is CCCCCCNc1cccc2c1C(N)=NS(=O)(=O)C2. The third-order valence-electron chi connectivity index (χ3n) is 3.33. The lowest BCUT2D eigenvalue weighted by atomic mass is 10.1. The van der Waals surface area contributed by atoms with Crippen molar-refractivity contribution in [1.82, 2.24) is 0 Å². The number of sulfonamides is 1. The second-order valence-corrected chi connectivity index (χ2v) is 6.66. The molecule has 0 saturated heterocycles. The van der Waals surface area contributed by atoms with E-state index in [4.69, 9.17) is 5.73 Å². The first-order valence-electron chi connectivity index (χ1n) is 6.98. The minimum Gasteiger partial charge on any atom is -0.384 e. The molecule has 0 atom stereocenters. The number of nitrogens with zero attached hydrogens (tertiary/aromatic N) is 1. The molecule has 0 spiro atoms. The second-order valence-electron chi connectivity index (χ2n) is 5.03. The van der Waals surface area contributed by atoms with Gasteiger partial charge >= 0.3 is 0 Å². The highest BCUT2D eigenvalue weighted by Gasteiger charge is 2.24. The van der Waals surface area contributed by atoms with E-state index in [-0.39, 0.29) is 11.6 Å². The van der Waals surface area contributed by atoms with Crippen molar-refractivity contribution in [2.75, 3.05) is 11.9 Å². The molecule has 0 unspecified atom stereocenters.